The molecule has 5 heteroatoms. The SMILES string of the molecule is COc1ccc(COc2ccc3cc(F)c(F)cc3c2)c(F)c1. The van der Waals surface area contributed by atoms with E-state index in [2.05, 4.69) is 0 Å². The molecular weight excluding hydrogens is 305 g/mol. The monoisotopic (exact) mass is 318 g/mol. The maximum Gasteiger partial charge on any atom is 0.159 e. The molecule has 0 spiro atoms. The van der Waals surface area contributed by atoms with E-state index in [1.54, 1.807) is 30.3 Å². The van der Waals surface area contributed by atoms with Crippen LogP contribution in [0.25, 0.3) is 10.8 Å². The molecule has 3 aromatic carbocycles. The highest BCUT2D eigenvalue weighted by Gasteiger charge is 2.07. The number of fused-ring (bicyclic) bond motifs is 1. The number of rotatable bonds is 4. The third-order valence-corrected chi connectivity index (χ3v) is 3.51. The van der Waals surface area contributed by atoms with Gasteiger partial charge in [0, 0.05) is 11.6 Å². The summed E-state index contributed by atoms with van der Waals surface area (Å²) in [7, 11) is 1.46. The molecule has 0 aliphatic carbocycles. The van der Waals surface area contributed by atoms with Gasteiger partial charge in [-0.1, -0.05) is 6.07 Å². The quantitative estimate of drug-likeness (QED) is 0.685. The molecule has 0 atom stereocenters. The summed E-state index contributed by atoms with van der Waals surface area (Å²) in [6, 6.07) is 11.5. The normalized spacial score (nSPS) is 10.8. The lowest BCUT2D eigenvalue weighted by atomic mass is 10.1. The van der Waals surface area contributed by atoms with Crippen LogP contribution in [0.4, 0.5) is 13.2 Å². The van der Waals surface area contributed by atoms with E-state index in [0.717, 1.165) is 12.1 Å². The van der Waals surface area contributed by atoms with Gasteiger partial charge in [-0.15, -0.1) is 0 Å². The molecule has 0 amide bonds. The summed E-state index contributed by atoms with van der Waals surface area (Å²) in [5, 5.41) is 1.07. The van der Waals surface area contributed by atoms with Crippen molar-refractivity contribution in [1.82, 2.24) is 0 Å². The zero-order valence-electron chi connectivity index (χ0n) is 12.3. The average Bonchev–Trinajstić information content (AvgIpc) is 2.54. The second-order valence-electron chi connectivity index (χ2n) is 5.02. The summed E-state index contributed by atoms with van der Waals surface area (Å²) >= 11 is 0. The second-order valence-corrected chi connectivity index (χ2v) is 5.02. The third-order valence-electron chi connectivity index (χ3n) is 3.51. The van der Waals surface area contributed by atoms with Gasteiger partial charge in [0.1, 0.15) is 23.9 Å². The lowest BCUT2D eigenvalue weighted by molar-refractivity contribution is 0.299. The van der Waals surface area contributed by atoms with Crippen LogP contribution >= 0.6 is 0 Å². The fraction of sp³-hybridized carbons (Fsp3) is 0.111. The lowest BCUT2D eigenvalue weighted by Gasteiger charge is -2.09. The summed E-state index contributed by atoms with van der Waals surface area (Å²) in [6.45, 7) is 0.0189. The van der Waals surface area contributed by atoms with Crippen molar-refractivity contribution in [2.24, 2.45) is 0 Å². The van der Waals surface area contributed by atoms with E-state index in [1.807, 2.05) is 0 Å². The van der Waals surface area contributed by atoms with E-state index in [0.29, 0.717) is 27.8 Å². The molecule has 3 rings (SSSR count). The van der Waals surface area contributed by atoms with Crippen molar-refractivity contribution >= 4 is 10.8 Å². The first-order valence-electron chi connectivity index (χ1n) is 6.91. The third kappa shape index (κ3) is 3.23. The van der Waals surface area contributed by atoms with E-state index < -0.39 is 17.5 Å². The minimum atomic E-state index is -0.921. The highest BCUT2D eigenvalue weighted by molar-refractivity contribution is 5.84. The predicted molar refractivity (Wildman–Crippen MR) is 81.1 cm³/mol. The van der Waals surface area contributed by atoms with Crippen LogP contribution in [0.2, 0.25) is 0 Å². The fourth-order valence-corrected chi connectivity index (χ4v) is 2.24. The molecule has 0 aliphatic rings. The molecule has 118 valence electrons. The van der Waals surface area contributed by atoms with Crippen molar-refractivity contribution in [1.29, 1.82) is 0 Å². The first-order chi connectivity index (χ1) is 11.1. The Morgan fingerprint density at radius 3 is 2.13 bits per heavy atom. The van der Waals surface area contributed by atoms with Gasteiger partial charge >= 0.3 is 0 Å². The Hall–Kier alpha value is -2.69. The van der Waals surface area contributed by atoms with Gasteiger partial charge in [0.2, 0.25) is 0 Å². The summed E-state index contributed by atoms with van der Waals surface area (Å²) in [5.74, 6) is -1.38. The van der Waals surface area contributed by atoms with Gasteiger partial charge in [-0.05, 0) is 47.2 Å². The van der Waals surface area contributed by atoms with Crippen LogP contribution in [0.1, 0.15) is 5.56 Å². The van der Waals surface area contributed by atoms with E-state index in [4.69, 9.17) is 9.47 Å². The molecular formula is C18H13F3O2. The van der Waals surface area contributed by atoms with Crippen molar-refractivity contribution in [2.75, 3.05) is 7.11 Å². The van der Waals surface area contributed by atoms with Crippen molar-refractivity contribution in [3.05, 3.63) is 71.5 Å². The van der Waals surface area contributed by atoms with Crippen molar-refractivity contribution in [2.45, 2.75) is 6.61 Å². The topological polar surface area (TPSA) is 18.5 Å². The molecule has 3 aromatic rings. The minimum absolute atomic E-state index is 0.0189. The number of hydrogen-bond donors (Lipinski definition) is 0. The van der Waals surface area contributed by atoms with Gasteiger partial charge in [0.25, 0.3) is 0 Å². The molecule has 0 aromatic heterocycles. The van der Waals surface area contributed by atoms with Crippen molar-refractivity contribution in [3.8, 4) is 11.5 Å². The van der Waals surface area contributed by atoms with Crippen molar-refractivity contribution < 1.29 is 22.6 Å². The van der Waals surface area contributed by atoms with Crippen LogP contribution in [-0.4, -0.2) is 7.11 Å². The molecule has 23 heavy (non-hydrogen) atoms. The van der Waals surface area contributed by atoms with Crippen molar-refractivity contribution in [3.63, 3.8) is 0 Å². The number of benzene rings is 3. The maximum absolute atomic E-state index is 13.8. The standard InChI is InChI=1S/C18H13F3O2/c1-22-14-4-3-12(16(19)9-14)10-23-15-5-2-11-7-17(20)18(21)8-13(11)6-15/h2-9H,10H2,1H3. The highest BCUT2D eigenvalue weighted by atomic mass is 19.2. The lowest BCUT2D eigenvalue weighted by Crippen LogP contribution is -1.99. The van der Waals surface area contributed by atoms with Gasteiger partial charge < -0.3 is 9.47 Å². The smallest absolute Gasteiger partial charge is 0.159 e. The zero-order valence-corrected chi connectivity index (χ0v) is 12.3. The van der Waals surface area contributed by atoms with Crippen LogP contribution in [0.15, 0.2) is 48.5 Å². The largest absolute Gasteiger partial charge is 0.497 e. The average molecular weight is 318 g/mol. The van der Waals surface area contributed by atoms with Gasteiger partial charge in [-0.3, -0.25) is 0 Å². The van der Waals surface area contributed by atoms with E-state index in [9.17, 15) is 13.2 Å². The molecule has 0 fully saturated rings. The molecule has 0 heterocycles. The Morgan fingerprint density at radius 2 is 1.43 bits per heavy atom. The van der Waals surface area contributed by atoms with E-state index >= 15 is 0 Å². The molecule has 0 bridgehead atoms. The fourth-order valence-electron chi connectivity index (χ4n) is 2.24. The Kier molecular flexibility index (Phi) is 4.10. The first kappa shape index (κ1) is 15.2. The molecule has 0 N–H and O–H groups in total. The van der Waals surface area contributed by atoms with Crippen LogP contribution in [0, 0.1) is 17.5 Å². The molecule has 2 nitrogen and oxygen atoms in total. The predicted octanol–water partition coefficient (Wildman–Crippen LogP) is 4.84. The van der Waals surface area contributed by atoms with E-state index in [-0.39, 0.29) is 6.61 Å². The van der Waals surface area contributed by atoms with Gasteiger partial charge in [0.15, 0.2) is 11.6 Å². The molecule has 0 unspecified atom stereocenters. The summed E-state index contributed by atoms with van der Waals surface area (Å²) < 4.78 is 50.7. The highest BCUT2D eigenvalue weighted by Crippen LogP contribution is 2.25. The molecule has 0 aliphatic heterocycles. The maximum atomic E-state index is 13.8. The van der Waals surface area contributed by atoms with Gasteiger partial charge in [-0.2, -0.15) is 0 Å². The molecule has 0 saturated heterocycles. The number of hydrogen-bond acceptors (Lipinski definition) is 2. The Balaban J connectivity index is 1.80. The van der Waals surface area contributed by atoms with Crippen LogP contribution in [-0.2, 0) is 6.61 Å². The Bertz CT molecular complexity index is 862. The van der Waals surface area contributed by atoms with E-state index in [1.165, 1.54) is 13.2 Å². The van der Waals surface area contributed by atoms with Crippen LogP contribution in [0.5, 0.6) is 11.5 Å². The minimum Gasteiger partial charge on any atom is -0.497 e. The zero-order chi connectivity index (χ0) is 16.4. The van der Waals surface area contributed by atoms with Crippen LogP contribution < -0.4 is 9.47 Å². The number of methoxy groups -OCH3 is 1. The van der Waals surface area contributed by atoms with Crippen LogP contribution in [0.3, 0.4) is 0 Å². The summed E-state index contributed by atoms with van der Waals surface area (Å²) in [6.07, 6.45) is 0. The van der Waals surface area contributed by atoms with Gasteiger partial charge in [0.05, 0.1) is 7.11 Å². The number of ether oxygens (including phenoxy) is 2. The first-order valence-corrected chi connectivity index (χ1v) is 6.91. The summed E-state index contributed by atoms with van der Waals surface area (Å²) in [4.78, 5) is 0. The molecule has 0 radical (unpaired) electrons. The molecule has 0 saturated carbocycles. The number of halogens is 3. The Morgan fingerprint density at radius 1 is 0.739 bits per heavy atom. The Labute approximate surface area is 131 Å². The second kappa shape index (κ2) is 6.20. The summed E-state index contributed by atoms with van der Waals surface area (Å²) in [5.41, 5.74) is 0.371. The van der Waals surface area contributed by atoms with Gasteiger partial charge in [-0.25, -0.2) is 13.2 Å².